The second-order valence-electron chi connectivity index (χ2n) is 7.34. The van der Waals surface area contributed by atoms with Crippen molar-refractivity contribution in [3.05, 3.63) is 43.0 Å². The summed E-state index contributed by atoms with van der Waals surface area (Å²) in [7, 11) is 0. The second-order valence-corrected chi connectivity index (χ2v) is 7.34. The van der Waals surface area contributed by atoms with Crippen molar-refractivity contribution in [1.29, 1.82) is 0 Å². The van der Waals surface area contributed by atoms with Gasteiger partial charge in [0.15, 0.2) is 0 Å². The molecule has 0 amide bonds. The molecule has 0 N–H and O–H groups in total. The molecule has 0 unspecified atom stereocenters. The van der Waals surface area contributed by atoms with Crippen molar-refractivity contribution in [2.75, 3.05) is 0 Å². The van der Waals surface area contributed by atoms with Gasteiger partial charge in [-0.25, -0.2) is 0 Å². The summed E-state index contributed by atoms with van der Waals surface area (Å²) < 4.78 is 0. The Morgan fingerprint density at radius 2 is 1.54 bits per heavy atom. The molecule has 0 aliphatic heterocycles. The Balaban J connectivity index is 3.02. The number of hydrogen-bond donors (Lipinski definition) is 0. The summed E-state index contributed by atoms with van der Waals surface area (Å²) >= 11 is 0. The van der Waals surface area contributed by atoms with Crippen LogP contribution < -0.4 is 0 Å². The number of nitro benzene ring substituents is 2. The molecule has 0 radical (unpaired) electrons. The van der Waals surface area contributed by atoms with E-state index in [0.29, 0.717) is 0 Å². The van der Waals surface area contributed by atoms with Crippen LogP contribution in [0.3, 0.4) is 0 Å². The molecule has 0 bridgehead atoms. The Labute approximate surface area is 142 Å². The molecule has 2 rings (SSSR count). The van der Waals surface area contributed by atoms with Crippen molar-refractivity contribution in [3.63, 3.8) is 0 Å². The fourth-order valence-corrected chi connectivity index (χ4v) is 4.03. The van der Waals surface area contributed by atoms with Crippen molar-refractivity contribution >= 4 is 11.4 Å². The standard InChI is InChI=1S/C18H26N2O4/c1-6-12-14(19(21)22)11-13-15(16(12)20(23)24)18(5,8-3)10-9-17(13,4)7-2/h11H,6-10H2,1-5H3/t17-,18-/m1/s1. The number of nitrogens with zero attached hydrogens (tertiary/aromatic N) is 2. The fourth-order valence-electron chi connectivity index (χ4n) is 4.03. The van der Waals surface area contributed by atoms with Crippen LogP contribution in [0.2, 0.25) is 0 Å². The van der Waals surface area contributed by atoms with Crippen LogP contribution in [-0.4, -0.2) is 9.85 Å². The zero-order chi connectivity index (χ0) is 18.3. The third-order valence-corrected chi connectivity index (χ3v) is 6.16. The average molecular weight is 334 g/mol. The van der Waals surface area contributed by atoms with Crippen LogP contribution in [0, 0.1) is 20.2 Å². The molecule has 1 aromatic carbocycles. The van der Waals surface area contributed by atoms with Gasteiger partial charge in [-0.2, -0.15) is 0 Å². The molecule has 1 aliphatic rings. The van der Waals surface area contributed by atoms with E-state index in [2.05, 4.69) is 13.8 Å². The lowest BCUT2D eigenvalue weighted by Gasteiger charge is -2.44. The molecule has 2 atom stereocenters. The van der Waals surface area contributed by atoms with Crippen LogP contribution in [0.4, 0.5) is 11.4 Å². The summed E-state index contributed by atoms with van der Waals surface area (Å²) in [6, 6.07) is 1.62. The molecule has 0 aromatic heterocycles. The van der Waals surface area contributed by atoms with E-state index in [9.17, 15) is 20.2 Å². The number of fused-ring (bicyclic) bond motifs is 1. The van der Waals surface area contributed by atoms with Gasteiger partial charge in [0.05, 0.1) is 9.85 Å². The van der Waals surface area contributed by atoms with Gasteiger partial charge in [0.2, 0.25) is 0 Å². The van der Waals surface area contributed by atoms with E-state index in [4.69, 9.17) is 0 Å². The van der Waals surface area contributed by atoms with Gasteiger partial charge in [0, 0.05) is 11.6 Å². The van der Waals surface area contributed by atoms with E-state index in [1.165, 1.54) is 0 Å². The van der Waals surface area contributed by atoms with E-state index in [1.807, 2.05) is 13.8 Å². The van der Waals surface area contributed by atoms with Crippen LogP contribution in [0.1, 0.15) is 77.0 Å². The van der Waals surface area contributed by atoms with E-state index < -0.39 is 9.85 Å². The van der Waals surface area contributed by atoms with E-state index >= 15 is 0 Å². The Morgan fingerprint density at radius 3 is 1.96 bits per heavy atom. The Bertz CT molecular complexity index is 701. The summed E-state index contributed by atoms with van der Waals surface area (Å²) in [5.74, 6) is 0. The maximum Gasteiger partial charge on any atom is 0.283 e. The molecule has 0 heterocycles. The van der Waals surface area contributed by atoms with Gasteiger partial charge in [-0.05, 0) is 48.5 Å². The molecule has 0 saturated heterocycles. The summed E-state index contributed by atoms with van der Waals surface area (Å²) in [6.45, 7) is 9.95. The van der Waals surface area contributed by atoms with Crippen molar-refractivity contribution in [2.24, 2.45) is 0 Å². The molecule has 1 aromatic rings. The predicted octanol–water partition coefficient (Wildman–Crippen LogP) is 5.19. The first-order valence-corrected chi connectivity index (χ1v) is 8.64. The second kappa shape index (κ2) is 6.15. The zero-order valence-electron chi connectivity index (χ0n) is 15.1. The Morgan fingerprint density at radius 1 is 1.00 bits per heavy atom. The normalized spacial score (nSPS) is 26.0. The lowest BCUT2D eigenvalue weighted by atomic mass is 9.59. The quantitative estimate of drug-likeness (QED) is 0.547. The molecule has 0 spiro atoms. The highest BCUT2D eigenvalue weighted by Crippen LogP contribution is 2.54. The molecule has 6 heteroatoms. The van der Waals surface area contributed by atoms with Crippen molar-refractivity contribution < 1.29 is 9.85 Å². The van der Waals surface area contributed by atoms with E-state index in [0.717, 1.165) is 36.8 Å². The molecule has 0 saturated carbocycles. The summed E-state index contributed by atoms with van der Waals surface area (Å²) in [6.07, 6.45) is 3.62. The molecule has 1 aliphatic carbocycles. The summed E-state index contributed by atoms with van der Waals surface area (Å²) in [5.41, 5.74) is 1.08. The minimum atomic E-state index is -0.472. The first kappa shape index (κ1) is 18.4. The minimum Gasteiger partial charge on any atom is -0.258 e. The Kier molecular flexibility index (Phi) is 4.70. The molecule has 6 nitrogen and oxygen atoms in total. The van der Waals surface area contributed by atoms with Gasteiger partial charge in [-0.15, -0.1) is 0 Å². The third kappa shape index (κ3) is 2.58. The van der Waals surface area contributed by atoms with Crippen LogP contribution in [-0.2, 0) is 17.3 Å². The molecule has 24 heavy (non-hydrogen) atoms. The van der Waals surface area contributed by atoms with E-state index in [-0.39, 0.29) is 34.2 Å². The summed E-state index contributed by atoms with van der Waals surface area (Å²) in [4.78, 5) is 22.6. The first-order valence-electron chi connectivity index (χ1n) is 8.64. The first-order chi connectivity index (χ1) is 11.1. The third-order valence-electron chi connectivity index (χ3n) is 6.16. The number of benzene rings is 1. The maximum absolute atomic E-state index is 11.9. The smallest absolute Gasteiger partial charge is 0.258 e. The van der Waals surface area contributed by atoms with Crippen LogP contribution >= 0.6 is 0 Å². The number of hydrogen-bond acceptors (Lipinski definition) is 4. The maximum atomic E-state index is 11.9. The van der Waals surface area contributed by atoms with Crippen LogP contribution in [0.5, 0.6) is 0 Å². The van der Waals surface area contributed by atoms with Crippen LogP contribution in [0.25, 0.3) is 0 Å². The highest BCUT2D eigenvalue weighted by Gasteiger charge is 2.47. The van der Waals surface area contributed by atoms with Gasteiger partial charge in [-0.3, -0.25) is 20.2 Å². The predicted molar refractivity (Wildman–Crippen MR) is 93.6 cm³/mol. The lowest BCUT2D eigenvalue weighted by molar-refractivity contribution is -0.396. The largest absolute Gasteiger partial charge is 0.283 e. The molecule has 0 fully saturated rings. The van der Waals surface area contributed by atoms with Gasteiger partial charge in [-0.1, -0.05) is 34.6 Å². The minimum absolute atomic E-state index is 0.0228. The highest BCUT2D eigenvalue weighted by molar-refractivity contribution is 5.66. The van der Waals surface area contributed by atoms with Crippen LogP contribution in [0.15, 0.2) is 6.07 Å². The molecule has 132 valence electrons. The zero-order valence-corrected chi connectivity index (χ0v) is 15.1. The molecular formula is C18H26N2O4. The number of rotatable bonds is 5. The van der Waals surface area contributed by atoms with Crippen molar-refractivity contribution in [3.8, 4) is 0 Å². The van der Waals surface area contributed by atoms with E-state index in [1.54, 1.807) is 13.0 Å². The molecular weight excluding hydrogens is 308 g/mol. The topological polar surface area (TPSA) is 86.3 Å². The number of nitro groups is 2. The Hall–Kier alpha value is -1.98. The average Bonchev–Trinajstić information content (AvgIpc) is 2.56. The fraction of sp³-hybridized carbons (Fsp3) is 0.667. The highest BCUT2D eigenvalue weighted by atomic mass is 16.6. The SMILES string of the molecule is CCc1c([N+](=O)[O-])cc2c(c1[N+](=O)[O-])[C@](C)(CC)CC[C@@]2(C)CC. The van der Waals surface area contributed by atoms with Crippen molar-refractivity contribution in [2.45, 2.75) is 77.6 Å². The van der Waals surface area contributed by atoms with Gasteiger partial charge in [0.1, 0.15) is 5.56 Å². The monoisotopic (exact) mass is 334 g/mol. The van der Waals surface area contributed by atoms with Crippen molar-refractivity contribution in [1.82, 2.24) is 0 Å². The van der Waals surface area contributed by atoms with Gasteiger partial charge >= 0.3 is 0 Å². The van der Waals surface area contributed by atoms with Gasteiger partial charge < -0.3 is 0 Å². The summed E-state index contributed by atoms with van der Waals surface area (Å²) in [5, 5.41) is 23.5. The lowest BCUT2D eigenvalue weighted by Crippen LogP contribution is -2.38. The van der Waals surface area contributed by atoms with Gasteiger partial charge in [0.25, 0.3) is 11.4 Å².